The monoisotopic (exact) mass is 193 g/mol. The zero-order chi connectivity index (χ0) is 10.4. The van der Waals surface area contributed by atoms with Gasteiger partial charge in [-0.15, -0.1) is 0 Å². The fraction of sp³-hybridized carbons (Fsp3) is 0.750. The number of hydrogen-bond donors (Lipinski definition) is 0. The van der Waals surface area contributed by atoms with Crippen LogP contribution in [0.15, 0.2) is 12.2 Å². The summed E-state index contributed by atoms with van der Waals surface area (Å²) in [6.07, 6.45) is 6.78. The van der Waals surface area contributed by atoms with Gasteiger partial charge in [-0.05, 0) is 23.7 Å². The number of allylic oxidation sites excluding steroid dienone is 2. The molecule has 2 atom stereocenters. The lowest BCUT2D eigenvalue weighted by atomic mass is 9.62. The zero-order valence-corrected chi connectivity index (χ0v) is 9.34. The average Bonchev–Trinajstić information content (AvgIpc) is 2.37. The predicted octanol–water partition coefficient (Wildman–Crippen LogP) is 2.21. The van der Waals surface area contributed by atoms with Gasteiger partial charge in [0.15, 0.2) is 0 Å². The van der Waals surface area contributed by atoms with Gasteiger partial charge in [-0.3, -0.25) is 4.79 Å². The van der Waals surface area contributed by atoms with E-state index in [1.54, 1.807) is 6.92 Å². The van der Waals surface area contributed by atoms with Crippen molar-refractivity contribution >= 4 is 5.91 Å². The number of carbonyl (C=O) groups is 1. The van der Waals surface area contributed by atoms with Gasteiger partial charge in [0.05, 0.1) is 0 Å². The highest BCUT2D eigenvalue weighted by atomic mass is 16.2. The van der Waals surface area contributed by atoms with Gasteiger partial charge in [0.1, 0.15) is 0 Å². The van der Waals surface area contributed by atoms with E-state index in [1.807, 2.05) is 4.90 Å². The van der Waals surface area contributed by atoms with E-state index in [0.29, 0.717) is 10.8 Å². The van der Waals surface area contributed by atoms with E-state index in [1.165, 1.54) is 0 Å². The van der Waals surface area contributed by atoms with E-state index >= 15 is 0 Å². The van der Waals surface area contributed by atoms with Crippen molar-refractivity contribution in [2.45, 2.75) is 33.6 Å². The first-order valence-electron chi connectivity index (χ1n) is 5.37. The van der Waals surface area contributed by atoms with Crippen LogP contribution in [0.4, 0.5) is 0 Å². The smallest absolute Gasteiger partial charge is 0.219 e. The second kappa shape index (κ2) is 2.85. The molecular formula is C12H19NO. The normalized spacial score (nSPS) is 41.2. The van der Waals surface area contributed by atoms with Crippen molar-refractivity contribution in [3.05, 3.63) is 12.2 Å². The van der Waals surface area contributed by atoms with Crippen LogP contribution in [0.25, 0.3) is 0 Å². The fourth-order valence-corrected chi connectivity index (χ4v) is 2.81. The van der Waals surface area contributed by atoms with Crippen molar-refractivity contribution < 1.29 is 4.79 Å². The molecule has 0 saturated carbocycles. The Kier molecular flexibility index (Phi) is 1.98. The molecule has 0 bridgehead atoms. The van der Waals surface area contributed by atoms with E-state index in [-0.39, 0.29) is 5.91 Å². The Hall–Kier alpha value is -0.790. The Morgan fingerprint density at radius 2 is 1.57 bits per heavy atom. The highest BCUT2D eigenvalue weighted by molar-refractivity contribution is 5.73. The van der Waals surface area contributed by atoms with E-state index in [4.69, 9.17) is 0 Å². The van der Waals surface area contributed by atoms with Crippen molar-refractivity contribution in [3.63, 3.8) is 0 Å². The molecule has 2 heteroatoms. The molecule has 1 saturated heterocycles. The molecule has 0 aromatic heterocycles. The van der Waals surface area contributed by atoms with Crippen molar-refractivity contribution in [3.8, 4) is 0 Å². The summed E-state index contributed by atoms with van der Waals surface area (Å²) in [7, 11) is 0. The summed E-state index contributed by atoms with van der Waals surface area (Å²) in [6.45, 7) is 8.18. The van der Waals surface area contributed by atoms with Crippen LogP contribution in [0.5, 0.6) is 0 Å². The third-order valence-electron chi connectivity index (χ3n) is 4.29. The van der Waals surface area contributed by atoms with Crippen molar-refractivity contribution in [2.24, 2.45) is 10.8 Å². The number of nitrogens with zero attached hydrogens (tertiary/aromatic N) is 1. The average molecular weight is 193 g/mol. The summed E-state index contributed by atoms with van der Waals surface area (Å²) in [5.74, 6) is 0.224. The molecule has 14 heavy (non-hydrogen) atoms. The lowest BCUT2D eigenvalue weighted by Gasteiger charge is -2.41. The van der Waals surface area contributed by atoms with E-state index in [2.05, 4.69) is 26.0 Å². The van der Waals surface area contributed by atoms with E-state index < -0.39 is 0 Å². The molecular weight excluding hydrogens is 174 g/mol. The van der Waals surface area contributed by atoms with Crippen LogP contribution < -0.4 is 0 Å². The maximum absolute atomic E-state index is 11.4. The molecule has 1 fully saturated rings. The molecule has 0 aromatic carbocycles. The molecule has 2 aliphatic rings. The third-order valence-corrected chi connectivity index (χ3v) is 4.29. The fourth-order valence-electron chi connectivity index (χ4n) is 2.81. The van der Waals surface area contributed by atoms with Gasteiger partial charge < -0.3 is 4.90 Å². The number of hydrogen-bond acceptors (Lipinski definition) is 1. The second-order valence-corrected chi connectivity index (χ2v) is 5.38. The standard InChI is InChI=1S/C12H19NO/c1-10(14)13-8-11(2)6-4-5-7-12(11,3)9-13/h4-5H,6-9H2,1-3H3/t11-,12+. The highest BCUT2D eigenvalue weighted by Gasteiger charge is 2.52. The number of carbonyl (C=O) groups excluding carboxylic acids is 1. The van der Waals surface area contributed by atoms with Crippen molar-refractivity contribution in [1.82, 2.24) is 4.90 Å². The van der Waals surface area contributed by atoms with E-state index in [9.17, 15) is 4.79 Å². The predicted molar refractivity (Wildman–Crippen MR) is 56.8 cm³/mol. The number of amides is 1. The quantitative estimate of drug-likeness (QED) is 0.540. The highest BCUT2D eigenvalue weighted by Crippen LogP contribution is 2.52. The van der Waals surface area contributed by atoms with Gasteiger partial charge in [0.2, 0.25) is 5.91 Å². The Morgan fingerprint density at radius 3 is 1.93 bits per heavy atom. The molecule has 1 amide bonds. The summed E-state index contributed by atoms with van der Waals surface area (Å²) < 4.78 is 0. The van der Waals surface area contributed by atoms with Crippen molar-refractivity contribution in [1.29, 1.82) is 0 Å². The van der Waals surface area contributed by atoms with Gasteiger partial charge in [-0.1, -0.05) is 26.0 Å². The minimum Gasteiger partial charge on any atom is -0.342 e. The minimum absolute atomic E-state index is 0.224. The number of likely N-dealkylation sites (tertiary alicyclic amines) is 1. The molecule has 0 radical (unpaired) electrons. The first kappa shape index (κ1) is 9.75. The molecule has 78 valence electrons. The first-order valence-corrected chi connectivity index (χ1v) is 5.37. The molecule has 0 N–H and O–H groups in total. The van der Waals surface area contributed by atoms with Gasteiger partial charge in [-0.25, -0.2) is 0 Å². The molecule has 2 nitrogen and oxygen atoms in total. The molecule has 0 unspecified atom stereocenters. The van der Waals surface area contributed by atoms with Crippen molar-refractivity contribution in [2.75, 3.05) is 13.1 Å². The zero-order valence-electron chi connectivity index (χ0n) is 9.34. The lowest BCUT2D eigenvalue weighted by molar-refractivity contribution is -0.128. The summed E-state index contributed by atoms with van der Waals surface area (Å²) in [5, 5.41) is 0. The van der Waals surface area contributed by atoms with Crippen LogP contribution in [0.3, 0.4) is 0 Å². The van der Waals surface area contributed by atoms with Crippen LogP contribution in [-0.2, 0) is 4.79 Å². The molecule has 1 heterocycles. The maximum atomic E-state index is 11.4. The van der Waals surface area contributed by atoms with Gasteiger partial charge >= 0.3 is 0 Å². The Balaban J connectivity index is 2.27. The van der Waals surface area contributed by atoms with Gasteiger partial charge in [-0.2, -0.15) is 0 Å². The van der Waals surface area contributed by atoms with Gasteiger partial charge in [0.25, 0.3) is 0 Å². The molecule has 1 aliphatic heterocycles. The summed E-state index contributed by atoms with van der Waals surface area (Å²) >= 11 is 0. The Morgan fingerprint density at radius 1 is 1.14 bits per heavy atom. The maximum Gasteiger partial charge on any atom is 0.219 e. The number of fused-ring (bicyclic) bond motifs is 1. The molecule has 0 spiro atoms. The van der Waals surface area contributed by atoms with E-state index in [0.717, 1.165) is 25.9 Å². The summed E-state index contributed by atoms with van der Waals surface area (Å²) in [4.78, 5) is 13.4. The molecule has 0 aromatic rings. The topological polar surface area (TPSA) is 20.3 Å². The first-order chi connectivity index (χ1) is 6.47. The van der Waals surface area contributed by atoms with Gasteiger partial charge in [0, 0.05) is 20.0 Å². The Labute approximate surface area is 86.0 Å². The minimum atomic E-state index is 0.224. The van der Waals surface area contributed by atoms with Crippen LogP contribution in [-0.4, -0.2) is 23.9 Å². The summed E-state index contributed by atoms with van der Waals surface area (Å²) in [5.41, 5.74) is 0.598. The molecule has 1 aliphatic carbocycles. The number of rotatable bonds is 0. The van der Waals surface area contributed by atoms with Crippen LogP contribution in [0, 0.1) is 10.8 Å². The SMILES string of the molecule is CC(=O)N1C[C@]2(C)CC=CC[C@]2(C)C1. The molecule has 2 rings (SSSR count). The second-order valence-electron chi connectivity index (χ2n) is 5.38. The van der Waals surface area contributed by atoms with Crippen LogP contribution in [0.2, 0.25) is 0 Å². The lowest BCUT2D eigenvalue weighted by Crippen LogP contribution is -2.37. The Bertz CT molecular complexity index is 275. The van der Waals surface area contributed by atoms with Crippen LogP contribution >= 0.6 is 0 Å². The third kappa shape index (κ3) is 1.20. The summed E-state index contributed by atoms with van der Waals surface area (Å²) in [6, 6.07) is 0. The van der Waals surface area contributed by atoms with Crippen LogP contribution in [0.1, 0.15) is 33.6 Å². The largest absolute Gasteiger partial charge is 0.342 e.